The van der Waals surface area contributed by atoms with Gasteiger partial charge in [0.05, 0.1) is 5.92 Å². The molecule has 17 heavy (non-hydrogen) atoms. The van der Waals surface area contributed by atoms with Crippen molar-refractivity contribution in [3.05, 3.63) is 29.1 Å². The van der Waals surface area contributed by atoms with Crippen molar-refractivity contribution in [2.45, 2.75) is 44.7 Å². The smallest absolute Gasteiger partial charge is 0.306 e. The normalized spacial score (nSPS) is 26.5. The molecule has 1 N–H and O–H groups in total. The minimum atomic E-state index is -0.482. The van der Waals surface area contributed by atoms with Gasteiger partial charge in [0.25, 0.3) is 6.04 Å². The van der Waals surface area contributed by atoms with Gasteiger partial charge in [0.15, 0.2) is 5.54 Å². The van der Waals surface area contributed by atoms with Gasteiger partial charge >= 0.3 is 6.07 Å². The first kappa shape index (κ1) is 11.9. The highest BCUT2D eigenvalue weighted by molar-refractivity contribution is 5.87. The Balaban J connectivity index is 2.12. The lowest BCUT2D eigenvalue weighted by Gasteiger charge is -2.24. The van der Waals surface area contributed by atoms with Crippen LogP contribution in [0.1, 0.15) is 33.1 Å². The van der Waals surface area contributed by atoms with E-state index in [4.69, 9.17) is 0 Å². The number of hydrogen-bond acceptors (Lipinski definition) is 1. The third kappa shape index (κ3) is 3.20. The maximum Gasteiger partial charge on any atom is 0.306 e. The number of carbonyl (C=O) groups excluding carboxylic acids is 1. The van der Waals surface area contributed by atoms with Gasteiger partial charge in [0.1, 0.15) is 0 Å². The first-order chi connectivity index (χ1) is 8.11. The predicted octanol–water partition coefficient (Wildman–Crippen LogP) is 2.51. The Labute approximate surface area is 102 Å². The van der Waals surface area contributed by atoms with E-state index in [0.29, 0.717) is 0 Å². The lowest BCUT2D eigenvalue weighted by molar-refractivity contribution is -0.122. The SMILES string of the molecule is CC(C)[N+]#CC1(NC(=O)C2C=C2)C=CCCC1. The number of nitrogens with one attached hydrogen (secondary N) is 1. The van der Waals surface area contributed by atoms with Crippen LogP contribution in [0, 0.1) is 12.0 Å². The summed E-state index contributed by atoms with van der Waals surface area (Å²) in [6.45, 7) is 4.02. The second-order valence-corrected chi connectivity index (χ2v) is 5.00. The van der Waals surface area contributed by atoms with Crippen molar-refractivity contribution >= 4 is 5.91 Å². The van der Waals surface area contributed by atoms with E-state index in [1.165, 1.54) is 0 Å². The zero-order valence-electron chi connectivity index (χ0n) is 10.4. The topological polar surface area (TPSA) is 33.5 Å². The monoisotopic (exact) mass is 231 g/mol. The Morgan fingerprint density at radius 2 is 2.29 bits per heavy atom. The molecule has 0 spiro atoms. The molecule has 0 heterocycles. The fourth-order valence-corrected chi connectivity index (χ4v) is 1.87. The molecule has 2 aliphatic carbocycles. The van der Waals surface area contributed by atoms with Gasteiger partial charge in [0.2, 0.25) is 5.91 Å². The van der Waals surface area contributed by atoms with Crippen LogP contribution in [0.25, 0.3) is 4.85 Å². The Morgan fingerprint density at radius 3 is 2.82 bits per heavy atom. The highest BCUT2D eigenvalue weighted by Gasteiger charge is 2.37. The van der Waals surface area contributed by atoms with Gasteiger partial charge in [-0.15, -0.1) is 0 Å². The van der Waals surface area contributed by atoms with Crippen LogP contribution in [0.15, 0.2) is 24.3 Å². The third-order valence-corrected chi connectivity index (χ3v) is 2.90. The van der Waals surface area contributed by atoms with Crippen LogP contribution >= 0.6 is 0 Å². The van der Waals surface area contributed by atoms with Crippen LogP contribution in [0.3, 0.4) is 0 Å². The second kappa shape index (κ2) is 4.75. The van der Waals surface area contributed by atoms with E-state index in [1.807, 2.05) is 32.1 Å². The van der Waals surface area contributed by atoms with Crippen molar-refractivity contribution in [3.8, 4) is 6.07 Å². The lowest BCUT2D eigenvalue weighted by atomic mass is 9.88. The Bertz CT molecular complexity index is 419. The summed E-state index contributed by atoms with van der Waals surface area (Å²) in [4.78, 5) is 16.2. The molecule has 3 nitrogen and oxygen atoms in total. The number of hydrogen-bond donors (Lipinski definition) is 1. The van der Waals surface area contributed by atoms with E-state index in [2.05, 4.69) is 22.3 Å². The van der Waals surface area contributed by atoms with Crippen LogP contribution in [-0.2, 0) is 4.79 Å². The molecule has 2 aliphatic rings. The molecular weight excluding hydrogens is 212 g/mol. The summed E-state index contributed by atoms with van der Waals surface area (Å²) in [5.41, 5.74) is -0.482. The molecule has 0 aromatic carbocycles. The van der Waals surface area contributed by atoms with Crippen molar-refractivity contribution in [1.29, 1.82) is 0 Å². The first-order valence-corrected chi connectivity index (χ1v) is 6.26. The summed E-state index contributed by atoms with van der Waals surface area (Å²) >= 11 is 0. The van der Waals surface area contributed by atoms with Crippen molar-refractivity contribution in [3.63, 3.8) is 0 Å². The molecule has 0 aliphatic heterocycles. The van der Waals surface area contributed by atoms with Gasteiger partial charge in [-0.2, -0.15) is 0 Å². The lowest BCUT2D eigenvalue weighted by Crippen LogP contribution is -2.47. The highest BCUT2D eigenvalue weighted by atomic mass is 16.2. The summed E-state index contributed by atoms with van der Waals surface area (Å²) in [5, 5.41) is 3.06. The van der Waals surface area contributed by atoms with Crippen molar-refractivity contribution in [2.24, 2.45) is 5.92 Å². The van der Waals surface area contributed by atoms with Gasteiger partial charge in [-0.25, -0.2) is 0 Å². The Kier molecular flexibility index (Phi) is 3.33. The maximum atomic E-state index is 11.8. The van der Waals surface area contributed by atoms with Crippen LogP contribution in [0.2, 0.25) is 0 Å². The summed E-state index contributed by atoms with van der Waals surface area (Å²) in [7, 11) is 0. The minimum Gasteiger partial charge on any atom is -0.330 e. The fourth-order valence-electron chi connectivity index (χ4n) is 1.87. The number of rotatable bonds is 2. The molecule has 3 heteroatoms. The quantitative estimate of drug-likeness (QED) is 0.728. The fraction of sp³-hybridized carbons (Fsp3) is 0.571. The summed E-state index contributed by atoms with van der Waals surface area (Å²) in [5.74, 6) is 0.0473. The van der Waals surface area contributed by atoms with E-state index in [-0.39, 0.29) is 17.9 Å². The van der Waals surface area contributed by atoms with Gasteiger partial charge in [0, 0.05) is 13.8 Å². The zero-order valence-corrected chi connectivity index (χ0v) is 10.4. The molecule has 0 bridgehead atoms. The minimum absolute atomic E-state index is 0.0111. The van der Waals surface area contributed by atoms with Crippen LogP contribution in [0.4, 0.5) is 0 Å². The second-order valence-electron chi connectivity index (χ2n) is 5.00. The zero-order chi connectivity index (χ0) is 12.3. The largest absolute Gasteiger partial charge is 0.330 e. The average Bonchev–Trinajstić information content (AvgIpc) is 3.11. The molecule has 0 saturated heterocycles. The third-order valence-electron chi connectivity index (χ3n) is 2.90. The van der Waals surface area contributed by atoms with Crippen molar-refractivity contribution < 1.29 is 4.79 Å². The molecule has 0 aromatic rings. The van der Waals surface area contributed by atoms with Gasteiger partial charge in [-0.05, 0) is 25.3 Å². The van der Waals surface area contributed by atoms with Crippen LogP contribution < -0.4 is 5.32 Å². The predicted molar refractivity (Wildman–Crippen MR) is 68.9 cm³/mol. The number of amides is 1. The first-order valence-electron chi connectivity index (χ1n) is 6.26. The van der Waals surface area contributed by atoms with Crippen LogP contribution in [0.5, 0.6) is 0 Å². The molecule has 0 aromatic heterocycles. The Morgan fingerprint density at radius 1 is 1.53 bits per heavy atom. The number of allylic oxidation sites excluding steroid dienone is 1. The maximum absolute atomic E-state index is 11.8. The molecule has 1 atom stereocenters. The molecule has 0 radical (unpaired) electrons. The van der Waals surface area contributed by atoms with Crippen LogP contribution in [-0.4, -0.2) is 17.5 Å². The molecule has 90 valence electrons. The molecule has 2 rings (SSSR count). The summed E-state index contributed by atoms with van der Waals surface area (Å²) < 4.78 is 0. The van der Waals surface area contributed by atoms with Gasteiger partial charge < -0.3 is 5.32 Å². The molecule has 1 amide bonds. The summed E-state index contributed by atoms with van der Waals surface area (Å²) in [6, 6.07) is 3.33. The van der Waals surface area contributed by atoms with Gasteiger partial charge in [-0.3, -0.25) is 4.79 Å². The van der Waals surface area contributed by atoms with Gasteiger partial charge in [-0.1, -0.05) is 23.1 Å². The number of carbonyl (C=O) groups is 1. The highest BCUT2D eigenvalue weighted by Crippen LogP contribution is 2.24. The van der Waals surface area contributed by atoms with E-state index >= 15 is 0 Å². The van der Waals surface area contributed by atoms with E-state index in [1.54, 1.807) is 0 Å². The van der Waals surface area contributed by atoms with E-state index < -0.39 is 5.54 Å². The molecule has 1 unspecified atom stereocenters. The standard InChI is InChI=1S/C14H18N2O/c1-11(2)15-10-14(8-4-3-5-9-14)16-13(17)12-6-7-12/h4,6-8,11-12H,3,5,9H2,1-2H3/p+1. The molecule has 0 saturated carbocycles. The average molecular weight is 231 g/mol. The van der Waals surface area contributed by atoms with Crippen molar-refractivity contribution in [2.75, 3.05) is 0 Å². The molecule has 0 fully saturated rings. The summed E-state index contributed by atoms with van der Waals surface area (Å²) in [6.07, 6.45) is 11.0. The number of nitrogens with zero attached hydrogens (tertiary/aromatic N) is 1. The Hall–Kier alpha value is -1.56. The van der Waals surface area contributed by atoms with E-state index in [9.17, 15) is 4.79 Å². The molecular formula is C14H19N2O+. The van der Waals surface area contributed by atoms with Crippen molar-refractivity contribution in [1.82, 2.24) is 5.32 Å². The van der Waals surface area contributed by atoms with E-state index in [0.717, 1.165) is 19.3 Å².